The molecule has 0 aliphatic carbocycles. The number of pyridine rings is 1. The summed E-state index contributed by atoms with van der Waals surface area (Å²) >= 11 is 1.78. The molecular formula is C16H23ClN2S. The topological polar surface area (TPSA) is 38.9 Å². The minimum atomic E-state index is 0. The van der Waals surface area contributed by atoms with E-state index in [1.54, 1.807) is 11.8 Å². The van der Waals surface area contributed by atoms with Crippen molar-refractivity contribution in [3.63, 3.8) is 0 Å². The summed E-state index contributed by atoms with van der Waals surface area (Å²) in [5.41, 5.74) is 8.21. The summed E-state index contributed by atoms with van der Waals surface area (Å²) in [5.74, 6) is 0.466. The van der Waals surface area contributed by atoms with Crippen molar-refractivity contribution in [3.8, 4) is 0 Å². The van der Waals surface area contributed by atoms with Crippen LogP contribution in [0.25, 0.3) is 10.9 Å². The zero-order valence-corrected chi connectivity index (χ0v) is 14.1. The van der Waals surface area contributed by atoms with Crippen molar-refractivity contribution < 1.29 is 0 Å². The highest BCUT2D eigenvalue weighted by atomic mass is 35.5. The first-order valence-corrected chi connectivity index (χ1v) is 7.53. The number of hydrogen-bond donors (Lipinski definition) is 1. The van der Waals surface area contributed by atoms with Gasteiger partial charge in [-0.05, 0) is 37.5 Å². The Morgan fingerprint density at radius 2 is 1.90 bits per heavy atom. The summed E-state index contributed by atoms with van der Waals surface area (Å²) in [6, 6.07) is 10.6. The van der Waals surface area contributed by atoms with E-state index >= 15 is 0 Å². The Kier molecular flexibility index (Phi) is 5.87. The number of nitrogens with two attached hydrogens (primary N) is 1. The summed E-state index contributed by atoms with van der Waals surface area (Å²) in [5, 5.41) is 2.32. The molecule has 4 heteroatoms. The van der Waals surface area contributed by atoms with Gasteiger partial charge < -0.3 is 5.73 Å². The highest BCUT2D eigenvalue weighted by Gasteiger charge is 2.21. The first-order chi connectivity index (χ1) is 8.93. The van der Waals surface area contributed by atoms with Crippen LogP contribution < -0.4 is 5.73 Å². The minimum absolute atomic E-state index is 0. The summed E-state index contributed by atoms with van der Waals surface area (Å²) in [4.78, 5) is 4.84. The van der Waals surface area contributed by atoms with Gasteiger partial charge in [0.15, 0.2) is 0 Å². The number of hydrogen-bond acceptors (Lipinski definition) is 3. The summed E-state index contributed by atoms with van der Waals surface area (Å²) < 4.78 is 0.0130. The highest BCUT2D eigenvalue weighted by molar-refractivity contribution is 8.00. The number of benzene rings is 1. The minimum Gasteiger partial charge on any atom is -0.329 e. The van der Waals surface area contributed by atoms with Crippen LogP contribution in [-0.2, 0) is 0 Å². The van der Waals surface area contributed by atoms with Gasteiger partial charge in [0.05, 0.1) is 5.52 Å². The third-order valence-corrected chi connectivity index (χ3v) is 4.44. The van der Waals surface area contributed by atoms with E-state index in [2.05, 4.69) is 52.0 Å². The average molecular weight is 311 g/mol. The smallest absolute Gasteiger partial charge is 0.101 e. The molecule has 0 atom stereocenters. The van der Waals surface area contributed by atoms with E-state index in [1.165, 1.54) is 10.9 Å². The van der Waals surface area contributed by atoms with E-state index in [0.717, 1.165) is 10.5 Å². The fourth-order valence-corrected chi connectivity index (χ4v) is 3.08. The third-order valence-electron chi connectivity index (χ3n) is 3.20. The van der Waals surface area contributed by atoms with Gasteiger partial charge in [-0.15, -0.1) is 12.4 Å². The average Bonchev–Trinajstić information content (AvgIpc) is 2.37. The third kappa shape index (κ3) is 3.87. The molecule has 0 saturated carbocycles. The molecule has 2 N–H and O–H groups in total. The van der Waals surface area contributed by atoms with Crippen molar-refractivity contribution in [2.24, 2.45) is 5.73 Å². The van der Waals surface area contributed by atoms with Gasteiger partial charge in [0.2, 0.25) is 0 Å². The number of thioether (sulfide) groups is 1. The SMILES string of the molecule is CC(C)c1cc2ccccc2nc1SC(C)(C)CN.Cl. The molecule has 0 amide bonds. The van der Waals surface area contributed by atoms with E-state index in [-0.39, 0.29) is 17.2 Å². The van der Waals surface area contributed by atoms with Crippen LogP contribution >= 0.6 is 24.2 Å². The highest BCUT2D eigenvalue weighted by Crippen LogP contribution is 2.36. The largest absolute Gasteiger partial charge is 0.329 e. The molecule has 0 unspecified atom stereocenters. The molecule has 0 radical (unpaired) electrons. The fraction of sp³-hybridized carbons (Fsp3) is 0.438. The van der Waals surface area contributed by atoms with Crippen molar-refractivity contribution in [1.29, 1.82) is 0 Å². The number of rotatable bonds is 4. The molecule has 0 aliphatic rings. The van der Waals surface area contributed by atoms with Crippen LogP contribution in [0.15, 0.2) is 35.4 Å². The van der Waals surface area contributed by atoms with Crippen LogP contribution in [0, 0.1) is 0 Å². The normalized spacial score (nSPS) is 11.7. The van der Waals surface area contributed by atoms with E-state index in [4.69, 9.17) is 10.7 Å². The first-order valence-electron chi connectivity index (χ1n) is 6.72. The van der Waals surface area contributed by atoms with Gasteiger partial charge in [0.25, 0.3) is 0 Å². The lowest BCUT2D eigenvalue weighted by Crippen LogP contribution is -2.27. The molecule has 2 nitrogen and oxygen atoms in total. The Hall–Kier alpha value is -0.770. The Bertz CT molecular complexity index is 582. The van der Waals surface area contributed by atoms with Crippen LogP contribution in [-0.4, -0.2) is 16.3 Å². The molecule has 0 aliphatic heterocycles. The van der Waals surface area contributed by atoms with Gasteiger partial charge in [-0.3, -0.25) is 0 Å². The summed E-state index contributed by atoms with van der Waals surface area (Å²) in [6.07, 6.45) is 0. The quantitative estimate of drug-likeness (QED) is 0.838. The van der Waals surface area contributed by atoms with E-state index in [1.807, 2.05) is 6.07 Å². The van der Waals surface area contributed by atoms with Gasteiger partial charge in [-0.1, -0.05) is 43.8 Å². The number of para-hydroxylation sites is 1. The van der Waals surface area contributed by atoms with Gasteiger partial charge >= 0.3 is 0 Å². The van der Waals surface area contributed by atoms with Crippen molar-refractivity contribution in [3.05, 3.63) is 35.9 Å². The Morgan fingerprint density at radius 1 is 1.25 bits per heavy atom. The van der Waals surface area contributed by atoms with Crippen molar-refractivity contribution in [2.75, 3.05) is 6.54 Å². The van der Waals surface area contributed by atoms with Crippen molar-refractivity contribution in [1.82, 2.24) is 4.98 Å². The molecule has 0 spiro atoms. The summed E-state index contributed by atoms with van der Waals surface area (Å²) in [6.45, 7) is 9.40. The lowest BCUT2D eigenvalue weighted by atomic mass is 10.0. The van der Waals surface area contributed by atoms with E-state index in [0.29, 0.717) is 12.5 Å². The number of nitrogens with zero attached hydrogens (tertiary/aromatic N) is 1. The maximum absolute atomic E-state index is 5.84. The monoisotopic (exact) mass is 310 g/mol. The summed E-state index contributed by atoms with van der Waals surface area (Å²) in [7, 11) is 0. The Labute approximate surface area is 132 Å². The maximum Gasteiger partial charge on any atom is 0.101 e. The van der Waals surface area contributed by atoms with Crippen LogP contribution in [0.1, 0.15) is 39.2 Å². The lowest BCUT2D eigenvalue weighted by Gasteiger charge is -2.23. The molecule has 0 saturated heterocycles. The predicted molar refractivity (Wildman–Crippen MR) is 92.1 cm³/mol. The van der Waals surface area contributed by atoms with E-state index < -0.39 is 0 Å². The second-order valence-electron chi connectivity index (χ2n) is 5.80. The zero-order chi connectivity index (χ0) is 14.0. The van der Waals surface area contributed by atoms with Crippen LogP contribution in [0.3, 0.4) is 0 Å². The van der Waals surface area contributed by atoms with Gasteiger partial charge in [-0.25, -0.2) is 4.98 Å². The lowest BCUT2D eigenvalue weighted by molar-refractivity contribution is 0.718. The fourth-order valence-electron chi connectivity index (χ4n) is 1.91. The molecule has 1 aromatic carbocycles. The molecule has 0 bridgehead atoms. The molecule has 1 aromatic heterocycles. The number of aromatic nitrogens is 1. The second-order valence-corrected chi connectivity index (χ2v) is 7.49. The van der Waals surface area contributed by atoms with E-state index in [9.17, 15) is 0 Å². The Balaban J connectivity index is 0.00000200. The van der Waals surface area contributed by atoms with Crippen LogP contribution in [0.5, 0.6) is 0 Å². The van der Waals surface area contributed by atoms with Gasteiger partial charge in [0.1, 0.15) is 5.03 Å². The predicted octanol–water partition coefficient (Wildman–Crippen LogP) is 4.61. The molecular weight excluding hydrogens is 288 g/mol. The molecule has 110 valence electrons. The van der Waals surface area contributed by atoms with Crippen LogP contribution in [0.4, 0.5) is 0 Å². The van der Waals surface area contributed by atoms with Gasteiger partial charge in [0, 0.05) is 16.7 Å². The molecule has 2 rings (SSSR count). The second kappa shape index (κ2) is 6.79. The van der Waals surface area contributed by atoms with Crippen molar-refractivity contribution >= 4 is 35.1 Å². The zero-order valence-electron chi connectivity index (χ0n) is 12.5. The molecule has 0 fully saturated rings. The standard InChI is InChI=1S/C16H22N2S.ClH/c1-11(2)13-9-12-7-5-6-8-14(12)18-15(13)19-16(3,4)10-17;/h5-9,11H,10,17H2,1-4H3;1H. The number of halogens is 1. The molecule has 1 heterocycles. The van der Waals surface area contributed by atoms with Gasteiger partial charge in [-0.2, -0.15) is 0 Å². The van der Waals surface area contributed by atoms with Crippen molar-refractivity contribution in [2.45, 2.75) is 43.4 Å². The number of fused-ring (bicyclic) bond motifs is 1. The van der Waals surface area contributed by atoms with Crippen LogP contribution in [0.2, 0.25) is 0 Å². The first kappa shape index (κ1) is 17.3. The maximum atomic E-state index is 5.84. The Morgan fingerprint density at radius 3 is 2.50 bits per heavy atom. The molecule has 20 heavy (non-hydrogen) atoms. The molecule has 2 aromatic rings.